The molecule has 1 saturated heterocycles. The van der Waals surface area contributed by atoms with Crippen molar-refractivity contribution in [1.82, 2.24) is 5.32 Å². The van der Waals surface area contributed by atoms with Gasteiger partial charge in [0.25, 0.3) is 11.8 Å². The SMILES string of the molecule is CCOC(=O)COc1c(Br)cc(/C=C2\C(=O)NC(=O)N(c3ccc4c(c3)OCO4)C2=O)cc1OC. The second kappa shape index (κ2) is 10.1. The van der Waals surface area contributed by atoms with E-state index >= 15 is 0 Å². The topological polar surface area (TPSA) is 130 Å². The van der Waals surface area contributed by atoms with Crippen LogP contribution in [0.4, 0.5) is 10.5 Å². The molecule has 2 aliphatic rings. The van der Waals surface area contributed by atoms with Gasteiger partial charge in [-0.1, -0.05) is 0 Å². The number of fused-ring (bicyclic) bond motifs is 1. The first-order valence-electron chi connectivity index (χ1n) is 10.3. The summed E-state index contributed by atoms with van der Waals surface area (Å²) < 4.78 is 26.6. The van der Waals surface area contributed by atoms with Crippen LogP contribution in [0.2, 0.25) is 0 Å². The second-order valence-corrected chi connectivity index (χ2v) is 7.98. The maximum absolute atomic E-state index is 13.2. The zero-order valence-electron chi connectivity index (χ0n) is 18.6. The number of ether oxygens (including phenoxy) is 5. The predicted molar refractivity (Wildman–Crippen MR) is 124 cm³/mol. The molecule has 2 aliphatic heterocycles. The van der Waals surface area contributed by atoms with Crippen LogP contribution < -0.4 is 29.2 Å². The lowest BCUT2D eigenvalue weighted by molar-refractivity contribution is -0.145. The van der Waals surface area contributed by atoms with Crippen molar-refractivity contribution >= 4 is 51.5 Å². The number of anilines is 1. The number of hydrogen-bond acceptors (Lipinski definition) is 9. The van der Waals surface area contributed by atoms with Gasteiger partial charge in [-0.25, -0.2) is 14.5 Å². The summed E-state index contributed by atoms with van der Waals surface area (Å²) in [7, 11) is 1.40. The van der Waals surface area contributed by atoms with Gasteiger partial charge in [0.1, 0.15) is 5.57 Å². The van der Waals surface area contributed by atoms with E-state index in [2.05, 4.69) is 21.2 Å². The van der Waals surface area contributed by atoms with Crippen molar-refractivity contribution in [3.63, 3.8) is 0 Å². The smallest absolute Gasteiger partial charge is 0.344 e. The fourth-order valence-electron chi connectivity index (χ4n) is 3.38. The molecule has 1 N–H and O–H groups in total. The van der Waals surface area contributed by atoms with E-state index in [9.17, 15) is 19.2 Å². The molecule has 2 aromatic carbocycles. The minimum absolute atomic E-state index is 0.0266. The monoisotopic (exact) mass is 546 g/mol. The lowest BCUT2D eigenvalue weighted by Crippen LogP contribution is -2.54. The first kappa shape index (κ1) is 24.1. The first-order chi connectivity index (χ1) is 16.8. The Bertz CT molecular complexity index is 1260. The van der Waals surface area contributed by atoms with E-state index in [4.69, 9.17) is 23.7 Å². The quantitative estimate of drug-likeness (QED) is 0.316. The highest BCUT2D eigenvalue weighted by atomic mass is 79.9. The summed E-state index contributed by atoms with van der Waals surface area (Å²) in [6.07, 6.45) is 1.31. The molecule has 0 saturated carbocycles. The summed E-state index contributed by atoms with van der Waals surface area (Å²) in [6.45, 7) is 1.59. The standard InChI is InChI=1S/C23H19BrN2O9/c1-3-32-19(27)10-33-20-15(24)7-12(8-18(20)31-2)6-14-21(28)25-23(30)26(22(14)29)13-4-5-16-17(9-13)35-11-34-16/h4-9H,3,10-11H2,1-2H3,(H,25,28,30)/b14-6+. The molecule has 2 aromatic rings. The van der Waals surface area contributed by atoms with E-state index in [1.54, 1.807) is 19.1 Å². The summed E-state index contributed by atoms with van der Waals surface area (Å²) in [6, 6.07) is 6.74. The van der Waals surface area contributed by atoms with E-state index in [0.717, 1.165) is 4.90 Å². The van der Waals surface area contributed by atoms with Gasteiger partial charge in [0.15, 0.2) is 29.6 Å². The van der Waals surface area contributed by atoms with E-state index in [0.29, 0.717) is 21.5 Å². The molecule has 11 nitrogen and oxygen atoms in total. The fraction of sp³-hybridized carbons (Fsp3) is 0.217. The number of methoxy groups -OCH3 is 1. The Balaban J connectivity index is 1.64. The highest BCUT2D eigenvalue weighted by Gasteiger charge is 2.37. The maximum atomic E-state index is 13.2. The predicted octanol–water partition coefficient (Wildman–Crippen LogP) is 2.79. The van der Waals surface area contributed by atoms with Gasteiger partial charge in [-0.05, 0) is 58.8 Å². The lowest BCUT2D eigenvalue weighted by Gasteiger charge is -2.26. The van der Waals surface area contributed by atoms with Gasteiger partial charge in [0, 0.05) is 6.07 Å². The summed E-state index contributed by atoms with van der Waals surface area (Å²) >= 11 is 3.35. The molecule has 12 heteroatoms. The normalized spacial score (nSPS) is 15.8. The minimum Gasteiger partial charge on any atom is -0.493 e. The van der Waals surface area contributed by atoms with Crippen molar-refractivity contribution in [3.8, 4) is 23.0 Å². The number of urea groups is 1. The van der Waals surface area contributed by atoms with Crippen molar-refractivity contribution in [2.75, 3.05) is 32.0 Å². The third kappa shape index (κ3) is 4.92. The van der Waals surface area contributed by atoms with Gasteiger partial charge in [0.2, 0.25) is 6.79 Å². The Morgan fingerprint density at radius 1 is 1.17 bits per heavy atom. The number of rotatable bonds is 7. The van der Waals surface area contributed by atoms with Crippen molar-refractivity contribution in [2.45, 2.75) is 6.92 Å². The summed E-state index contributed by atoms with van der Waals surface area (Å²) in [5.74, 6) is -0.900. The number of imide groups is 2. The number of hydrogen-bond donors (Lipinski definition) is 1. The number of barbiturate groups is 1. The molecule has 0 radical (unpaired) electrons. The Kier molecular flexibility index (Phi) is 6.92. The zero-order chi connectivity index (χ0) is 25.1. The van der Waals surface area contributed by atoms with E-state index in [-0.39, 0.29) is 42.8 Å². The van der Waals surface area contributed by atoms with E-state index in [1.807, 2.05) is 0 Å². The number of nitrogens with one attached hydrogen (secondary N) is 1. The number of nitrogens with zero attached hydrogens (tertiary/aromatic N) is 1. The van der Waals surface area contributed by atoms with Gasteiger partial charge < -0.3 is 23.7 Å². The summed E-state index contributed by atoms with van der Waals surface area (Å²) in [5.41, 5.74) is 0.323. The van der Waals surface area contributed by atoms with Crippen LogP contribution in [-0.4, -0.2) is 50.9 Å². The molecule has 4 amide bonds. The van der Waals surface area contributed by atoms with E-state index < -0.39 is 23.8 Å². The van der Waals surface area contributed by atoms with Crippen LogP contribution in [0.15, 0.2) is 40.4 Å². The molecule has 0 aliphatic carbocycles. The summed E-state index contributed by atoms with van der Waals surface area (Å²) in [4.78, 5) is 50.6. The lowest BCUT2D eigenvalue weighted by atomic mass is 10.1. The minimum atomic E-state index is -0.891. The van der Waals surface area contributed by atoms with Crippen molar-refractivity contribution < 1.29 is 42.9 Å². The maximum Gasteiger partial charge on any atom is 0.344 e. The number of amides is 4. The van der Waals surface area contributed by atoms with Gasteiger partial charge >= 0.3 is 12.0 Å². The summed E-state index contributed by atoms with van der Waals surface area (Å²) in [5, 5.41) is 2.16. The average molecular weight is 547 g/mol. The molecule has 0 spiro atoms. The van der Waals surface area contributed by atoms with Crippen molar-refractivity contribution in [2.24, 2.45) is 0 Å². The van der Waals surface area contributed by atoms with Crippen LogP contribution in [0.25, 0.3) is 6.08 Å². The molecule has 0 bridgehead atoms. The Labute approximate surface area is 207 Å². The van der Waals surface area contributed by atoms with Crippen LogP contribution in [0.1, 0.15) is 12.5 Å². The highest BCUT2D eigenvalue weighted by Crippen LogP contribution is 2.38. The molecule has 35 heavy (non-hydrogen) atoms. The van der Waals surface area contributed by atoms with Gasteiger partial charge in [0.05, 0.1) is 23.9 Å². The molecule has 4 rings (SSSR count). The zero-order valence-corrected chi connectivity index (χ0v) is 20.2. The molecule has 0 aromatic heterocycles. The molecule has 182 valence electrons. The van der Waals surface area contributed by atoms with Crippen LogP contribution in [-0.2, 0) is 19.1 Å². The first-order valence-corrected chi connectivity index (χ1v) is 11.1. The third-order valence-electron chi connectivity index (χ3n) is 4.92. The molecule has 1 fully saturated rings. The van der Waals surface area contributed by atoms with E-state index in [1.165, 1.54) is 31.4 Å². The Hall–Kier alpha value is -4.06. The Morgan fingerprint density at radius 2 is 1.94 bits per heavy atom. The number of halogens is 1. The van der Waals surface area contributed by atoms with Crippen molar-refractivity contribution in [3.05, 3.63) is 45.9 Å². The number of carbonyl (C=O) groups is 4. The van der Waals surface area contributed by atoms with Crippen molar-refractivity contribution in [1.29, 1.82) is 0 Å². The van der Waals surface area contributed by atoms with Crippen LogP contribution in [0.3, 0.4) is 0 Å². The highest BCUT2D eigenvalue weighted by molar-refractivity contribution is 9.10. The average Bonchev–Trinajstić information content (AvgIpc) is 3.29. The largest absolute Gasteiger partial charge is 0.493 e. The number of esters is 1. The molecular weight excluding hydrogens is 528 g/mol. The number of carbonyl (C=O) groups excluding carboxylic acids is 4. The Morgan fingerprint density at radius 3 is 2.69 bits per heavy atom. The van der Waals surface area contributed by atoms with Crippen LogP contribution >= 0.6 is 15.9 Å². The van der Waals surface area contributed by atoms with Gasteiger partial charge in [-0.2, -0.15) is 0 Å². The van der Waals surface area contributed by atoms with Gasteiger partial charge in [-0.15, -0.1) is 0 Å². The fourth-order valence-corrected chi connectivity index (χ4v) is 3.95. The van der Waals surface area contributed by atoms with Crippen LogP contribution in [0.5, 0.6) is 23.0 Å². The number of benzene rings is 2. The van der Waals surface area contributed by atoms with Gasteiger partial charge in [-0.3, -0.25) is 14.9 Å². The third-order valence-corrected chi connectivity index (χ3v) is 5.51. The molecular formula is C23H19BrN2O9. The molecule has 2 heterocycles. The molecule has 0 unspecified atom stereocenters. The second-order valence-electron chi connectivity index (χ2n) is 7.12. The van der Waals surface area contributed by atoms with Crippen LogP contribution in [0, 0.1) is 0 Å². The molecule has 0 atom stereocenters.